The van der Waals surface area contributed by atoms with Crippen LogP contribution in [0.15, 0.2) is 52.7 Å². The Morgan fingerprint density at radius 2 is 1.74 bits per heavy atom. The van der Waals surface area contributed by atoms with Crippen molar-refractivity contribution in [1.29, 1.82) is 0 Å². The van der Waals surface area contributed by atoms with Gasteiger partial charge in [-0.15, -0.1) is 0 Å². The Kier molecular flexibility index (Phi) is 8.23. The van der Waals surface area contributed by atoms with E-state index in [2.05, 4.69) is 34.4 Å². The average molecular weight is 370 g/mol. The average Bonchev–Trinajstić information content (AvgIpc) is 2.68. The minimum atomic E-state index is -0.0397. The Bertz CT molecular complexity index is 716. The minimum Gasteiger partial charge on any atom is -0.395 e. The van der Waals surface area contributed by atoms with E-state index in [1.165, 1.54) is 6.08 Å². The molecule has 0 aliphatic heterocycles. The van der Waals surface area contributed by atoms with Crippen LogP contribution in [0.5, 0.6) is 0 Å². The molecule has 0 unspecified atom stereocenters. The summed E-state index contributed by atoms with van der Waals surface area (Å²) in [6.45, 7) is 10.5. The molecule has 0 radical (unpaired) electrons. The molecule has 2 rings (SSSR count). The van der Waals surface area contributed by atoms with E-state index in [1.54, 1.807) is 13.0 Å². The number of benzene rings is 1. The number of anilines is 1. The molecular formula is C21H30N4O2. The van der Waals surface area contributed by atoms with Gasteiger partial charge in [-0.25, -0.2) is 4.99 Å². The standard InChI is InChI=1S/C21H30N4O2/c1-4-25(5-2)12-10-22-17-6-8-18(9-7-17)24-20-14-16(3)21(27)15-19(20)23-11-13-26/h6-9,14-15,22-23,26H,4-5,10-13H2,1-3H3. The summed E-state index contributed by atoms with van der Waals surface area (Å²) in [6, 6.07) is 7.93. The third kappa shape index (κ3) is 6.34. The number of hydrogen-bond donors (Lipinski definition) is 3. The first-order chi connectivity index (χ1) is 13.1. The second kappa shape index (κ2) is 10.6. The summed E-state index contributed by atoms with van der Waals surface area (Å²) in [5.41, 5.74) is 3.86. The Balaban J connectivity index is 2.04. The van der Waals surface area contributed by atoms with E-state index in [-0.39, 0.29) is 12.4 Å². The molecule has 3 N–H and O–H groups in total. The number of likely N-dealkylation sites (N-methyl/N-ethyl adjacent to an activating group) is 1. The summed E-state index contributed by atoms with van der Waals surface area (Å²) in [6.07, 6.45) is 3.31. The normalized spacial score (nSPS) is 15.7. The largest absolute Gasteiger partial charge is 0.395 e. The lowest BCUT2D eigenvalue weighted by Crippen LogP contribution is -2.28. The number of ketones is 1. The molecule has 1 aliphatic rings. The topological polar surface area (TPSA) is 77.0 Å². The zero-order valence-corrected chi connectivity index (χ0v) is 16.5. The zero-order valence-electron chi connectivity index (χ0n) is 16.5. The van der Waals surface area contributed by atoms with Gasteiger partial charge in [0.2, 0.25) is 0 Å². The molecule has 0 saturated carbocycles. The van der Waals surface area contributed by atoms with E-state index < -0.39 is 0 Å². The molecule has 27 heavy (non-hydrogen) atoms. The number of allylic oxidation sites excluding steroid dienone is 3. The summed E-state index contributed by atoms with van der Waals surface area (Å²) >= 11 is 0. The third-order valence-electron chi connectivity index (χ3n) is 4.49. The summed E-state index contributed by atoms with van der Waals surface area (Å²) < 4.78 is 0. The first kappa shape index (κ1) is 20.9. The van der Waals surface area contributed by atoms with E-state index in [4.69, 9.17) is 5.11 Å². The summed E-state index contributed by atoms with van der Waals surface area (Å²) in [4.78, 5) is 18.9. The SMILES string of the molecule is CCN(CC)CCNc1ccc(N=C2C=C(C)C(=O)C=C2NCCO)cc1. The van der Waals surface area contributed by atoms with Gasteiger partial charge in [-0.1, -0.05) is 13.8 Å². The van der Waals surface area contributed by atoms with Crippen LogP contribution in [0.4, 0.5) is 11.4 Å². The number of nitrogens with zero attached hydrogens (tertiary/aromatic N) is 2. The van der Waals surface area contributed by atoms with Gasteiger partial charge in [0.25, 0.3) is 0 Å². The van der Waals surface area contributed by atoms with Gasteiger partial charge in [0.15, 0.2) is 5.78 Å². The Labute approximate surface area is 161 Å². The number of hydrogen-bond acceptors (Lipinski definition) is 6. The second-order valence-corrected chi connectivity index (χ2v) is 6.40. The maximum atomic E-state index is 11.9. The predicted molar refractivity (Wildman–Crippen MR) is 112 cm³/mol. The van der Waals surface area contributed by atoms with Gasteiger partial charge in [0.1, 0.15) is 0 Å². The van der Waals surface area contributed by atoms with Gasteiger partial charge in [-0.05, 0) is 55.9 Å². The van der Waals surface area contributed by atoms with Gasteiger partial charge in [-0.3, -0.25) is 4.79 Å². The monoisotopic (exact) mass is 370 g/mol. The van der Waals surface area contributed by atoms with Gasteiger partial charge in [-0.2, -0.15) is 0 Å². The van der Waals surface area contributed by atoms with Crippen LogP contribution in [0.25, 0.3) is 0 Å². The molecule has 0 atom stereocenters. The number of carbonyl (C=O) groups excluding carboxylic acids is 1. The lowest BCUT2D eigenvalue weighted by molar-refractivity contribution is -0.111. The molecule has 6 heteroatoms. The number of aliphatic hydroxyl groups is 1. The Hall–Kier alpha value is -2.44. The van der Waals surface area contributed by atoms with Crippen LogP contribution in [0.3, 0.4) is 0 Å². The van der Waals surface area contributed by atoms with E-state index >= 15 is 0 Å². The van der Waals surface area contributed by atoms with Crippen molar-refractivity contribution in [2.45, 2.75) is 20.8 Å². The number of aliphatic hydroxyl groups excluding tert-OH is 1. The molecule has 0 bridgehead atoms. The molecule has 0 spiro atoms. The maximum absolute atomic E-state index is 11.9. The van der Waals surface area contributed by atoms with Crippen LogP contribution in [0.2, 0.25) is 0 Å². The van der Waals surface area contributed by atoms with E-state index in [0.29, 0.717) is 23.5 Å². The van der Waals surface area contributed by atoms with Gasteiger partial charge in [0.05, 0.1) is 23.7 Å². The molecule has 1 aromatic rings. The highest BCUT2D eigenvalue weighted by Crippen LogP contribution is 2.20. The fourth-order valence-corrected chi connectivity index (χ4v) is 2.79. The van der Waals surface area contributed by atoms with Crippen molar-refractivity contribution in [3.63, 3.8) is 0 Å². The lowest BCUT2D eigenvalue weighted by Gasteiger charge is -2.18. The van der Waals surface area contributed by atoms with Crippen LogP contribution >= 0.6 is 0 Å². The number of nitrogens with one attached hydrogen (secondary N) is 2. The predicted octanol–water partition coefficient (Wildman–Crippen LogP) is 2.51. The number of aliphatic imine (C=N–C) groups is 1. The zero-order chi connectivity index (χ0) is 19.6. The highest BCUT2D eigenvalue weighted by atomic mass is 16.3. The van der Waals surface area contributed by atoms with Crippen molar-refractivity contribution in [2.24, 2.45) is 4.99 Å². The van der Waals surface area contributed by atoms with Crippen LogP contribution in [0, 0.1) is 0 Å². The van der Waals surface area contributed by atoms with Crippen LogP contribution in [-0.2, 0) is 4.79 Å². The molecule has 1 aliphatic carbocycles. The van der Waals surface area contributed by atoms with Crippen molar-refractivity contribution < 1.29 is 9.90 Å². The quantitative estimate of drug-likeness (QED) is 0.552. The minimum absolute atomic E-state index is 0.00460. The van der Waals surface area contributed by atoms with Gasteiger partial charge < -0.3 is 20.6 Å². The van der Waals surface area contributed by atoms with Crippen molar-refractivity contribution >= 4 is 22.9 Å². The van der Waals surface area contributed by atoms with Crippen LogP contribution in [-0.4, -0.2) is 60.8 Å². The van der Waals surface area contributed by atoms with Crippen molar-refractivity contribution in [2.75, 3.05) is 44.6 Å². The van der Waals surface area contributed by atoms with Crippen molar-refractivity contribution in [3.05, 3.63) is 47.7 Å². The van der Waals surface area contributed by atoms with Crippen LogP contribution < -0.4 is 10.6 Å². The summed E-state index contributed by atoms with van der Waals surface area (Å²) in [5.74, 6) is -0.0397. The fourth-order valence-electron chi connectivity index (χ4n) is 2.79. The summed E-state index contributed by atoms with van der Waals surface area (Å²) in [5, 5.41) is 15.5. The Morgan fingerprint density at radius 1 is 1.04 bits per heavy atom. The second-order valence-electron chi connectivity index (χ2n) is 6.40. The summed E-state index contributed by atoms with van der Waals surface area (Å²) in [7, 11) is 0. The van der Waals surface area contributed by atoms with Crippen molar-refractivity contribution in [3.8, 4) is 0 Å². The molecule has 1 aromatic carbocycles. The molecular weight excluding hydrogens is 340 g/mol. The maximum Gasteiger partial charge on any atom is 0.183 e. The number of rotatable bonds is 10. The smallest absolute Gasteiger partial charge is 0.183 e. The Morgan fingerprint density at radius 3 is 2.37 bits per heavy atom. The molecule has 0 aromatic heterocycles. The fraction of sp³-hybridized carbons (Fsp3) is 0.429. The first-order valence-electron chi connectivity index (χ1n) is 9.51. The molecule has 146 valence electrons. The lowest BCUT2D eigenvalue weighted by atomic mass is 10.0. The van der Waals surface area contributed by atoms with E-state index in [9.17, 15) is 4.79 Å². The molecule has 0 saturated heterocycles. The van der Waals surface area contributed by atoms with E-state index in [0.717, 1.165) is 37.6 Å². The van der Waals surface area contributed by atoms with Crippen molar-refractivity contribution in [1.82, 2.24) is 10.2 Å². The third-order valence-corrected chi connectivity index (χ3v) is 4.49. The van der Waals surface area contributed by atoms with Crippen LogP contribution in [0.1, 0.15) is 20.8 Å². The number of carbonyl (C=O) groups is 1. The molecule has 0 fully saturated rings. The molecule has 0 heterocycles. The van der Waals surface area contributed by atoms with Gasteiger partial charge >= 0.3 is 0 Å². The molecule has 6 nitrogen and oxygen atoms in total. The molecule has 0 amide bonds. The highest BCUT2D eigenvalue weighted by molar-refractivity contribution is 6.22. The first-order valence-corrected chi connectivity index (χ1v) is 9.51. The highest BCUT2D eigenvalue weighted by Gasteiger charge is 2.15. The van der Waals surface area contributed by atoms with Gasteiger partial charge in [0, 0.05) is 31.4 Å². The van der Waals surface area contributed by atoms with E-state index in [1.807, 2.05) is 24.3 Å².